The Kier molecular flexibility index (Phi) is 4.29. The zero-order valence-electron chi connectivity index (χ0n) is 7.53. The maximum absolute atomic E-state index is 10.7. The van der Waals surface area contributed by atoms with Gasteiger partial charge in [-0.2, -0.15) is 0 Å². The van der Waals surface area contributed by atoms with Crippen LogP contribution in [0.4, 0.5) is 4.79 Å². The Morgan fingerprint density at radius 2 is 1.77 bits per heavy atom. The SMILES string of the molecule is O=COC(=O)OC1CCCCCC1. The second-order valence-corrected chi connectivity index (χ2v) is 3.20. The van der Waals surface area contributed by atoms with Gasteiger partial charge in [-0.05, 0) is 25.7 Å². The van der Waals surface area contributed by atoms with Crippen molar-refractivity contribution in [2.75, 3.05) is 0 Å². The van der Waals surface area contributed by atoms with Gasteiger partial charge in [-0.25, -0.2) is 4.79 Å². The van der Waals surface area contributed by atoms with Crippen LogP contribution >= 0.6 is 0 Å². The molecule has 0 spiro atoms. The molecule has 0 bridgehead atoms. The van der Waals surface area contributed by atoms with Crippen LogP contribution in [0.5, 0.6) is 0 Å². The molecular formula is C9H14O4. The molecule has 0 atom stereocenters. The standard InChI is InChI=1S/C9H14O4/c10-7-12-9(11)13-8-5-3-1-2-4-6-8/h7-8H,1-6H2. The van der Waals surface area contributed by atoms with E-state index in [2.05, 4.69) is 4.74 Å². The highest BCUT2D eigenvalue weighted by Crippen LogP contribution is 2.19. The zero-order valence-corrected chi connectivity index (χ0v) is 7.53. The molecule has 1 aliphatic carbocycles. The lowest BCUT2D eigenvalue weighted by atomic mass is 10.2. The zero-order chi connectivity index (χ0) is 9.52. The van der Waals surface area contributed by atoms with Gasteiger partial charge in [-0.3, -0.25) is 4.79 Å². The summed E-state index contributed by atoms with van der Waals surface area (Å²) in [6.07, 6.45) is 5.39. The second-order valence-electron chi connectivity index (χ2n) is 3.20. The first-order valence-electron chi connectivity index (χ1n) is 4.64. The number of hydrogen-bond donors (Lipinski definition) is 0. The van der Waals surface area contributed by atoms with Crippen LogP contribution in [0.3, 0.4) is 0 Å². The smallest absolute Gasteiger partial charge is 0.431 e. The highest BCUT2D eigenvalue weighted by Gasteiger charge is 2.17. The van der Waals surface area contributed by atoms with Gasteiger partial charge in [-0.15, -0.1) is 0 Å². The van der Waals surface area contributed by atoms with E-state index >= 15 is 0 Å². The summed E-state index contributed by atoms with van der Waals surface area (Å²) in [7, 11) is 0. The van der Waals surface area contributed by atoms with E-state index in [1.54, 1.807) is 0 Å². The minimum Gasteiger partial charge on any atom is -0.431 e. The fourth-order valence-corrected chi connectivity index (χ4v) is 1.56. The molecule has 0 heterocycles. The van der Waals surface area contributed by atoms with Crippen LogP contribution in [0.15, 0.2) is 0 Å². The molecule has 13 heavy (non-hydrogen) atoms. The molecule has 4 heteroatoms. The van der Waals surface area contributed by atoms with E-state index in [1.165, 1.54) is 12.8 Å². The first-order chi connectivity index (χ1) is 6.33. The third kappa shape index (κ3) is 3.92. The fourth-order valence-electron chi connectivity index (χ4n) is 1.56. The van der Waals surface area contributed by atoms with Crippen molar-refractivity contribution in [3.8, 4) is 0 Å². The van der Waals surface area contributed by atoms with Gasteiger partial charge < -0.3 is 9.47 Å². The van der Waals surface area contributed by atoms with Gasteiger partial charge in [0.2, 0.25) is 0 Å². The van der Waals surface area contributed by atoms with Crippen LogP contribution in [0, 0.1) is 0 Å². The predicted octanol–water partition coefficient (Wildman–Crippen LogP) is 2.02. The van der Waals surface area contributed by atoms with Crippen LogP contribution in [0.25, 0.3) is 0 Å². The number of carbonyl (C=O) groups excluding carboxylic acids is 2. The number of ether oxygens (including phenoxy) is 2. The summed E-state index contributed by atoms with van der Waals surface area (Å²) in [5.74, 6) is 0. The van der Waals surface area contributed by atoms with Crippen molar-refractivity contribution in [1.29, 1.82) is 0 Å². The van der Waals surface area contributed by atoms with Gasteiger partial charge in [0.05, 0.1) is 0 Å². The molecule has 1 saturated carbocycles. The highest BCUT2D eigenvalue weighted by molar-refractivity contribution is 5.69. The van der Waals surface area contributed by atoms with Gasteiger partial charge in [0.15, 0.2) is 0 Å². The lowest BCUT2D eigenvalue weighted by Crippen LogP contribution is -2.17. The summed E-state index contributed by atoms with van der Waals surface area (Å²) in [6.45, 7) is 0.0963. The minimum absolute atomic E-state index is 0.0602. The first-order valence-corrected chi connectivity index (χ1v) is 4.64. The van der Waals surface area contributed by atoms with Crippen molar-refractivity contribution < 1.29 is 19.1 Å². The number of rotatable bonds is 2. The molecule has 1 rings (SSSR count). The Balaban J connectivity index is 2.25. The Bertz CT molecular complexity index is 170. The molecule has 0 aromatic heterocycles. The van der Waals surface area contributed by atoms with Crippen molar-refractivity contribution in [2.45, 2.75) is 44.6 Å². The molecule has 0 radical (unpaired) electrons. The largest absolute Gasteiger partial charge is 0.516 e. The van der Waals surface area contributed by atoms with Gasteiger partial charge >= 0.3 is 12.6 Å². The predicted molar refractivity (Wildman–Crippen MR) is 45.1 cm³/mol. The lowest BCUT2D eigenvalue weighted by molar-refractivity contribution is -0.126. The van der Waals surface area contributed by atoms with Gasteiger partial charge in [0.25, 0.3) is 0 Å². The quantitative estimate of drug-likeness (QED) is 0.286. The van der Waals surface area contributed by atoms with Crippen LogP contribution in [-0.2, 0) is 14.3 Å². The maximum Gasteiger partial charge on any atom is 0.516 e. The summed E-state index contributed by atoms with van der Waals surface area (Å²) in [6, 6.07) is 0. The normalized spacial score (nSPS) is 18.8. The highest BCUT2D eigenvalue weighted by atomic mass is 16.7. The van der Waals surface area contributed by atoms with E-state index in [1.807, 2.05) is 0 Å². The third-order valence-corrected chi connectivity index (χ3v) is 2.21. The van der Waals surface area contributed by atoms with Gasteiger partial charge in [-0.1, -0.05) is 12.8 Å². The van der Waals surface area contributed by atoms with Crippen LogP contribution in [0.2, 0.25) is 0 Å². The summed E-state index contributed by atoms with van der Waals surface area (Å²) in [5.41, 5.74) is 0. The average molecular weight is 186 g/mol. The Labute approximate surface area is 77.2 Å². The molecule has 0 saturated heterocycles. The van der Waals surface area contributed by atoms with Crippen molar-refractivity contribution in [3.05, 3.63) is 0 Å². The third-order valence-electron chi connectivity index (χ3n) is 2.21. The molecule has 1 aliphatic rings. The van der Waals surface area contributed by atoms with Crippen molar-refractivity contribution in [1.82, 2.24) is 0 Å². The topological polar surface area (TPSA) is 52.6 Å². The number of carbonyl (C=O) groups is 2. The molecule has 74 valence electrons. The van der Waals surface area contributed by atoms with E-state index in [0.717, 1.165) is 25.7 Å². The molecule has 0 N–H and O–H groups in total. The fraction of sp³-hybridized carbons (Fsp3) is 0.778. The Morgan fingerprint density at radius 3 is 2.31 bits per heavy atom. The first kappa shape index (κ1) is 10.0. The second kappa shape index (κ2) is 5.56. The molecule has 4 nitrogen and oxygen atoms in total. The molecule has 1 fully saturated rings. The molecule has 0 aromatic rings. The van der Waals surface area contributed by atoms with E-state index < -0.39 is 6.16 Å². The van der Waals surface area contributed by atoms with Crippen LogP contribution in [-0.4, -0.2) is 18.7 Å². The summed E-state index contributed by atoms with van der Waals surface area (Å²) in [5, 5.41) is 0. The average Bonchev–Trinajstić information content (AvgIpc) is 2.33. The monoisotopic (exact) mass is 186 g/mol. The summed E-state index contributed by atoms with van der Waals surface area (Å²) < 4.78 is 8.96. The van der Waals surface area contributed by atoms with Gasteiger partial charge in [0, 0.05) is 0 Å². The van der Waals surface area contributed by atoms with Crippen LogP contribution < -0.4 is 0 Å². The van der Waals surface area contributed by atoms with Crippen molar-refractivity contribution in [3.63, 3.8) is 0 Å². The molecule has 0 aromatic carbocycles. The Morgan fingerprint density at radius 1 is 1.15 bits per heavy atom. The molecule has 0 amide bonds. The minimum atomic E-state index is -0.873. The number of hydrogen-bond acceptors (Lipinski definition) is 4. The van der Waals surface area contributed by atoms with Gasteiger partial charge in [0.1, 0.15) is 6.10 Å². The van der Waals surface area contributed by atoms with Crippen LogP contribution in [0.1, 0.15) is 38.5 Å². The summed E-state index contributed by atoms with van der Waals surface area (Å²) in [4.78, 5) is 20.5. The maximum atomic E-state index is 10.7. The molecular weight excluding hydrogens is 172 g/mol. The molecule has 0 aliphatic heterocycles. The Hall–Kier alpha value is -1.06. The van der Waals surface area contributed by atoms with E-state index in [0.29, 0.717) is 0 Å². The van der Waals surface area contributed by atoms with Crippen molar-refractivity contribution in [2.24, 2.45) is 0 Å². The molecule has 0 unspecified atom stereocenters. The van der Waals surface area contributed by atoms with Crippen molar-refractivity contribution >= 4 is 12.6 Å². The lowest BCUT2D eigenvalue weighted by Gasteiger charge is -2.12. The van der Waals surface area contributed by atoms with E-state index in [9.17, 15) is 9.59 Å². The van der Waals surface area contributed by atoms with E-state index in [-0.39, 0.29) is 12.6 Å². The summed E-state index contributed by atoms with van der Waals surface area (Å²) >= 11 is 0. The van der Waals surface area contributed by atoms with E-state index in [4.69, 9.17) is 4.74 Å².